The number of aryl methyl sites for hydroxylation is 2. The molecule has 0 saturated heterocycles. The molecule has 0 spiro atoms. The van der Waals surface area contributed by atoms with Crippen molar-refractivity contribution in [3.8, 4) is 5.75 Å². The predicted molar refractivity (Wildman–Crippen MR) is 126 cm³/mol. The van der Waals surface area contributed by atoms with Crippen LogP contribution in [-0.2, 0) is 14.3 Å². The van der Waals surface area contributed by atoms with E-state index in [1.54, 1.807) is 0 Å². The smallest absolute Gasteiger partial charge is 0.278 e. The van der Waals surface area contributed by atoms with Gasteiger partial charge in [-0.3, -0.25) is 14.5 Å². The average Bonchev–Trinajstić information content (AvgIpc) is 2.94. The van der Waals surface area contributed by atoms with E-state index >= 15 is 0 Å². The Labute approximate surface area is 190 Å². The maximum Gasteiger partial charge on any atom is 0.278 e. The summed E-state index contributed by atoms with van der Waals surface area (Å²) < 4.78 is 11.3. The van der Waals surface area contributed by atoms with Gasteiger partial charge in [-0.1, -0.05) is 29.8 Å². The number of ether oxygens (including phenoxy) is 2. The van der Waals surface area contributed by atoms with E-state index in [1.807, 2.05) is 84.0 Å². The van der Waals surface area contributed by atoms with Crippen LogP contribution in [0, 0.1) is 13.8 Å². The van der Waals surface area contributed by atoms with Crippen LogP contribution >= 0.6 is 0 Å². The fraction of sp³-hybridized carbons (Fsp3) is 0.385. The van der Waals surface area contributed by atoms with Crippen LogP contribution in [-0.4, -0.2) is 42.1 Å². The molecule has 0 aromatic heterocycles. The van der Waals surface area contributed by atoms with Gasteiger partial charge >= 0.3 is 0 Å². The molecule has 6 nitrogen and oxygen atoms in total. The van der Waals surface area contributed by atoms with E-state index in [0.29, 0.717) is 23.5 Å². The number of nitrogens with zero attached hydrogens (tertiary/aromatic N) is 1. The highest BCUT2D eigenvalue weighted by atomic mass is 16.5. The topological polar surface area (TPSA) is 67.9 Å². The Bertz CT molecular complexity index is 1020. The molecule has 0 fully saturated rings. The number of hydrogen-bond acceptors (Lipinski definition) is 5. The summed E-state index contributed by atoms with van der Waals surface area (Å²) in [6.45, 7) is 12.2. The lowest BCUT2D eigenvalue weighted by atomic mass is 10.0. The van der Waals surface area contributed by atoms with Gasteiger partial charge in [0.1, 0.15) is 11.4 Å². The van der Waals surface area contributed by atoms with Gasteiger partial charge in [0.05, 0.1) is 30.9 Å². The van der Waals surface area contributed by atoms with Crippen molar-refractivity contribution in [1.82, 2.24) is 4.90 Å². The summed E-state index contributed by atoms with van der Waals surface area (Å²) in [4.78, 5) is 27.8. The van der Waals surface area contributed by atoms with Crippen LogP contribution in [0.5, 0.6) is 5.75 Å². The van der Waals surface area contributed by atoms with E-state index < -0.39 is 0 Å². The van der Waals surface area contributed by atoms with Gasteiger partial charge in [0, 0.05) is 5.69 Å². The fourth-order valence-electron chi connectivity index (χ4n) is 3.60. The molecule has 0 saturated carbocycles. The Kier molecular flexibility index (Phi) is 7.36. The van der Waals surface area contributed by atoms with Gasteiger partial charge < -0.3 is 14.8 Å². The maximum atomic E-state index is 13.3. The fourth-order valence-corrected chi connectivity index (χ4v) is 3.60. The van der Waals surface area contributed by atoms with Gasteiger partial charge in [0.25, 0.3) is 11.8 Å². The average molecular weight is 437 g/mol. The molecule has 0 atom stereocenters. The largest absolute Gasteiger partial charge is 0.491 e. The normalized spacial score (nSPS) is 14.2. The molecule has 1 aliphatic rings. The van der Waals surface area contributed by atoms with Gasteiger partial charge in [-0.15, -0.1) is 0 Å². The van der Waals surface area contributed by atoms with E-state index in [4.69, 9.17) is 9.47 Å². The van der Waals surface area contributed by atoms with Gasteiger partial charge in [0.15, 0.2) is 0 Å². The lowest BCUT2D eigenvalue weighted by Crippen LogP contribution is -2.35. The minimum Gasteiger partial charge on any atom is -0.491 e. The van der Waals surface area contributed by atoms with Crippen LogP contribution in [0.1, 0.15) is 44.4 Å². The summed E-state index contributed by atoms with van der Waals surface area (Å²) in [5.74, 6) is 0.0409. The van der Waals surface area contributed by atoms with Crippen LogP contribution in [0.2, 0.25) is 0 Å². The third-order valence-electron chi connectivity index (χ3n) is 5.09. The van der Waals surface area contributed by atoms with Gasteiger partial charge in [-0.05, 0) is 70.9 Å². The highest BCUT2D eigenvalue weighted by Crippen LogP contribution is 2.32. The van der Waals surface area contributed by atoms with Crippen LogP contribution in [0.25, 0.3) is 5.57 Å². The molecule has 6 heteroatoms. The second-order valence-electron chi connectivity index (χ2n) is 8.57. The number of nitrogens with one attached hydrogen (secondary N) is 1. The van der Waals surface area contributed by atoms with Crippen molar-refractivity contribution < 1.29 is 19.1 Å². The molecule has 170 valence electrons. The Morgan fingerprint density at radius 3 is 2.19 bits per heavy atom. The molecule has 2 aromatic carbocycles. The maximum absolute atomic E-state index is 13.3. The van der Waals surface area contributed by atoms with Crippen molar-refractivity contribution in [1.29, 1.82) is 0 Å². The highest BCUT2D eigenvalue weighted by molar-refractivity contribution is 6.36. The third kappa shape index (κ3) is 5.37. The number of benzene rings is 2. The van der Waals surface area contributed by atoms with E-state index in [9.17, 15) is 9.59 Å². The first kappa shape index (κ1) is 23.5. The Hall–Kier alpha value is -3.12. The van der Waals surface area contributed by atoms with E-state index in [2.05, 4.69) is 5.32 Å². The minimum atomic E-state index is -0.347. The number of rotatable bonds is 9. The van der Waals surface area contributed by atoms with Gasteiger partial charge in [-0.2, -0.15) is 0 Å². The summed E-state index contributed by atoms with van der Waals surface area (Å²) >= 11 is 0. The number of amides is 2. The molecular formula is C26H32N2O4. The molecule has 32 heavy (non-hydrogen) atoms. The van der Waals surface area contributed by atoms with Crippen molar-refractivity contribution >= 4 is 23.1 Å². The van der Waals surface area contributed by atoms with Gasteiger partial charge in [0.2, 0.25) is 0 Å². The summed E-state index contributed by atoms with van der Waals surface area (Å²) in [6, 6.07) is 13.2. The summed E-state index contributed by atoms with van der Waals surface area (Å²) in [5.41, 5.74) is 4.23. The molecule has 0 aliphatic carbocycles. The molecule has 1 N–H and O–H groups in total. The van der Waals surface area contributed by atoms with E-state index in [1.165, 1.54) is 4.90 Å². The second kappa shape index (κ2) is 10.0. The molecule has 3 rings (SSSR count). The second-order valence-corrected chi connectivity index (χ2v) is 8.57. The van der Waals surface area contributed by atoms with Crippen molar-refractivity contribution in [3.05, 3.63) is 64.9 Å². The molecule has 1 heterocycles. The summed E-state index contributed by atoms with van der Waals surface area (Å²) in [5, 5.41) is 3.24. The zero-order chi connectivity index (χ0) is 23.4. The summed E-state index contributed by atoms with van der Waals surface area (Å²) in [6.07, 6.45) is 0.0736. The highest BCUT2D eigenvalue weighted by Gasteiger charge is 2.39. The van der Waals surface area contributed by atoms with Crippen LogP contribution in [0.3, 0.4) is 0 Å². The quantitative estimate of drug-likeness (QED) is 0.577. The predicted octanol–water partition coefficient (Wildman–Crippen LogP) is 4.71. The molecule has 2 aromatic rings. The number of hydrogen-bond donors (Lipinski definition) is 1. The monoisotopic (exact) mass is 436 g/mol. The number of imide groups is 1. The van der Waals surface area contributed by atoms with E-state index in [0.717, 1.165) is 16.8 Å². The van der Waals surface area contributed by atoms with Crippen LogP contribution in [0.15, 0.2) is 48.2 Å². The first-order chi connectivity index (χ1) is 15.2. The van der Waals surface area contributed by atoms with Gasteiger partial charge in [-0.25, -0.2) is 0 Å². The molecule has 0 bridgehead atoms. The van der Waals surface area contributed by atoms with Crippen molar-refractivity contribution in [3.63, 3.8) is 0 Å². The summed E-state index contributed by atoms with van der Waals surface area (Å²) in [7, 11) is 0. The standard InChI is InChI=1S/C26H32N2O4/c1-16(2)31-14-13-28-25(29)23(20-8-10-21(11-9-20)32-17(3)4)24(26(28)30)27-22-12-7-18(5)15-19(22)6/h7-12,15-17,27H,13-14H2,1-6H3. The zero-order valence-corrected chi connectivity index (χ0v) is 19.7. The number of anilines is 1. The van der Waals surface area contributed by atoms with Crippen molar-refractivity contribution in [2.24, 2.45) is 0 Å². The molecule has 1 aliphatic heterocycles. The Morgan fingerprint density at radius 1 is 0.906 bits per heavy atom. The molecule has 0 unspecified atom stereocenters. The van der Waals surface area contributed by atoms with Crippen LogP contribution in [0.4, 0.5) is 5.69 Å². The zero-order valence-electron chi connectivity index (χ0n) is 19.7. The number of carbonyl (C=O) groups excluding carboxylic acids is 2. The molecular weight excluding hydrogens is 404 g/mol. The SMILES string of the molecule is Cc1ccc(NC2=C(c3ccc(OC(C)C)cc3)C(=O)N(CCOC(C)C)C2=O)c(C)c1. The first-order valence-corrected chi connectivity index (χ1v) is 11.0. The minimum absolute atomic E-state index is 0.0246. The Balaban J connectivity index is 1.97. The third-order valence-corrected chi connectivity index (χ3v) is 5.09. The van der Waals surface area contributed by atoms with Crippen molar-refractivity contribution in [2.45, 2.75) is 53.8 Å². The molecule has 2 amide bonds. The molecule has 0 radical (unpaired) electrons. The van der Waals surface area contributed by atoms with E-state index in [-0.39, 0.29) is 36.3 Å². The van der Waals surface area contributed by atoms with Crippen LogP contribution < -0.4 is 10.1 Å². The lowest BCUT2D eigenvalue weighted by molar-refractivity contribution is -0.137. The Morgan fingerprint density at radius 2 is 1.59 bits per heavy atom. The first-order valence-electron chi connectivity index (χ1n) is 11.0. The van der Waals surface area contributed by atoms with Crippen molar-refractivity contribution in [2.75, 3.05) is 18.5 Å². The number of carbonyl (C=O) groups is 2. The lowest BCUT2D eigenvalue weighted by Gasteiger charge is -2.17.